The highest BCUT2D eigenvalue weighted by Gasteiger charge is 2.29. The summed E-state index contributed by atoms with van der Waals surface area (Å²) < 4.78 is 0. The van der Waals surface area contributed by atoms with Gasteiger partial charge in [0, 0.05) is 26.1 Å². The summed E-state index contributed by atoms with van der Waals surface area (Å²) in [5.41, 5.74) is 0. The van der Waals surface area contributed by atoms with Crippen molar-refractivity contribution in [1.82, 2.24) is 15.5 Å². The van der Waals surface area contributed by atoms with Crippen molar-refractivity contribution in [3.05, 3.63) is 0 Å². The molecule has 2 aliphatic heterocycles. The number of carbonyl (C=O) groups is 3. The quantitative estimate of drug-likeness (QED) is 0.571. The van der Waals surface area contributed by atoms with Gasteiger partial charge in [0.1, 0.15) is 5.92 Å². The molecule has 0 bridgehead atoms. The van der Waals surface area contributed by atoms with E-state index in [1.807, 2.05) is 0 Å². The zero-order chi connectivity index (χ0) is 18.9. The number of amides is 2. The minimum atomic E-state index is -1.12. The SMILES string of the molecule is C#C[C@@H](CNC(=O)[C@H]1CCCN(C(=O)CCC2CCNCC2)C1)C(=O)O. The number of carbonyl (C=O) groups excluding carboxylic acids is 2. The van der Waals surface area contributed by atoms with E-state index in [2.05, 4.69) is 16.6 Å². The van der Waals surface area contributed by atoms with Crippen molar-refractivity contribution in [2.75, 3.05) is 32.7 Å². The fourth-order valence-corrected chi connectivity index (χ4v) is 3.64. The number of nitrogens with one attached hydrogen (secondary N) is 2. The first-order chi connectivity index (χ1) is 12.5. The molecule has 0 aromatic heterocycles. The highest BCUT2D eigenvalue weighted by atomic mass is 16.4. The summed E-state index contributed by atoms with van der Waals surface area (Å²) in [4.78, 5) is 37.5. The molecular formula is C19H29N3O4. The third kappa shape index (κ3) is 6.03. The van der Waals surface area contributed by atoms with E-state index in [-0.39, 0.29) is 24.3 Å². The molecule has 144 valence electrons. The molecule has 0 radical (unpaired) electrons. The summed E-state index contributed by atoms with van der Waals surface area (Å²) in [5.74, 6) is 0.227. The largest absolute Gasteiger partial charge is 0.480 e. The van der Waals surface area contributed by atoms with Gasteiger partial charge in [0.15, 0.2) is 0 Å². The van der Waals surface area contributed by atoms with Gasteiger partial charge >= 0.3 is 5.97 Å². The van der Waals surface area contributed by atoms with Crippen LogP contribution >= 0.6 is 0 Å². The van der Waals surface area contributed by atoms with Gasteiger partial charge in [-0.1, -0.05) is 5.92 Å². The Hall–Kier alpha value is -2.07. The number of rotatable bonds is 7. The monoisotopic (exact) mass is 363 g/mol. The van der Waals surface area contributed by atoms with Crippen molar-refractivity contribution in [3.63, 3.8) is 0 Å². The molecule has 0 aromatic carbocycles. The molecule has 0 spiro atoms. The molecular weight excluding hydrogens is 334 g/mol. The Balaban J connectivity index is 1.76. The molecule has 2 rings (SSSR count). The van der Waals surface area contributed by atoms with Crippen LogP contribution in [0.1, 0.15) is 38.5 Å². The lowest BCUT2D eigenvalue weighted by Gasteiger charge is -2.33. The van der Waals surface area contributed by atoms with Crippen molar-refractivity contribution in [2.45, 2.75) is 38.5 Å². The Kier molecular flexibility index (Phi) is 7.92. The lowest BCUT2D eigenvalue weighted by molar-refractivity contribution is -0.139. The van der Waals surface area contributed by atoms with E-state index in [1.54, 1.807) is 4.90 Å². The minimum absolute atomic E-state index is 0.0785. The van der Waals surface area contributed by atoms with Crippen LogP contribution in [0.2, 0.25) is 0 Å². The van der Waals surface area contributed by atoms with Crippen LogP contribution in [-0.2, 0) is 14.4 Å². The van der Waals surface area contributed by atoms with Crippen LogP contribution in [0.25, 0.3) is 0 Å². The predicted octanol–water partition coefficient (Wildman–Crippen LogP) is 0.455. The molecule has 0 unspecified atom stereocenters. The van der Waals surface area contributed by atoms with Gasteiger partial charge in [-0.2, -0.15) is 0 Å². The number of terminal acetylenes is 1. The normalized spacial score (nSPS) is 22.3. The average molecular weight is 363 g/mol. The Morgan fingerprint density at radius 2 is 2.00 bits per heavy atom. The number of nitrogens with zero attached hydrogens (tertiary/aromatic N) is 1. The maximum Gasteiger partial charge on any atom is 0.320 e. The molecule has 2 atom stereocenters. The second-order valence-electron chi connectivity index (χ2n) is 7.21. The van der Waals surface area contributed by atoms with Crippen LogP contribution in [0.5, 0.6) is 0 Å². The van der Waals surface area contributed by atoms with E-state index in [1.165, 1.54) is 0 Å². The van der Waals surface area contributed by atoms with E-state index in [9.17, 15) is 14.4 Å². The summed E-state index contributed by atoms with van der Waals surface area (Å²) in [5, 5.41) is 14.9. The summed E-state index contributed by atoms with van der Waals surface area (Å²) in [6.45, 7) is 3.08. The fourth-order valence-electron chi connectivity index (χ4n) is 3.64. The van der Waals surface area contributed by atoms with Gasteiger partial charge in [-0.05, 0) is 51.1 Å². The molecule has 2 saturated heterocycles. The van der Waals surface area contributed by atoms with Crippen LogP contribution in [0.15, 0.2) is 0 Å². The number of piperidine rings is 2. The Morgan fingerprint density at radius 3 is 2.65 bits per heavy atom. The third-order valence-corrected chi connectivity index (χ3v) is 5.35. The van der Waals surface area contributed by atoms with Crippen LogP contribution in [0.3, 0.4) is 0 Å². The van der Waals surface area contributed by atoms with Crippen LogP contribution in [-0.4, -0.2) is 60.5 Å². The molecule has 0 aromatic rings. The van der Waals surface area contributed by atoms with Crippen LogP contribution < -0.4 is 10.6 Å². The van der Waals surface area contributed by atoms with Gasteiger partial charge in [-0.25, -0.2) is 0 Å². The highest BCUT2D eigenvalue weighted by Crippen LogP contribution is 2.21. The molecule has 26 heavy (non-hydrogen) atoms. The number of carboxylic acids is 1. The predicted molar refractivity (Wildman–Crippen MR) is 97.1 cm³/mol. The molecule has 3 N–H and O–H groups in total. The maximum atomic E-state index is 12.5. The van der Waals surface area contributed by atoms with Gasteiger partial charge in [-0.15, -0.1) is 6.42 Å². The Labute approximate surface area is 154 Å². The fraction of sp³-hybridized carbons (Fsp3) is 0.737. The first-order valence-electron chi connectivity index (χ1n) is 9.46. The Bertz CT molecular complexity index is 551. The van der Waals surface area contributed by atoms with Crippen molar-refractivity contribution in [2.24, 2.45) is 17.8 Å². The molecule has 0 aliphatic carbocycles. The van der Waals surface area contributed by atoms with E-state index >= 15 is 0 Å². The van der Waals surface area contributed by atoms with E-state index in [0.717, 1.165) is 38.8 Å². The number of hydrogen-bond acceptors (Lipinski definition) is 4. The summed E-state index contributed by atoms with van der Waals surface area (Å²) in [6, 6.07) is 0. The first kappa shape index (κ1) is 20.2. The number of likely N-dealkylation sites (tertiary alicyclic amines) is 1. The van der Waals surface area contributed by atoms with Gasteiger partial charge in [0.05, 0.1) is 5.92 Å². The summed E-state index contributed by atoms with van der Waals surface area (Å²) in [6.07, 6.45) is 10.3. The first-order valence-corrected chi connectivity index (χ1v) is 9.46. The topological polar surface area (TPSA) is 98.7 Å². The number of aliphatic carboxylic acids is 1. The summed E-state index contributed by atoms with van der Waals surface area (Å²) in [7, 11) is 0. The van der Waals surface area contributed by atoms with E-state index in [4.69, 9.17) is 11.5 Å². The highest BCUT2D eigenvalue weighted by molar-refractivity contribution is 5.82. The van der Waals surface area contributed by atoms with Crippen molar-refractivity contribution < 1.29 is 19.5 Å². The third-order valence-electron chi connectivity index (χ3n) is 5.35. The van der Waals surface area contributed by atoms with Crippen LogP contribution in [0, 0.1) is 30.1 Å². The molecule has 2 fully saturated rings. The van der Waals surface area contributed by atoms with Gasteiger partial charge in [0.25, 0.3) is 0 Å². The minimum Gasteiger partial charge on any atom is -0.480 e. The molecule has 2 heterocycles. The van der Waals surface area contributed by atoms with E-state index < -0.39 is 11.9 Å². The number of carboxylic acid groups (broad SMARTS) is 1. The number of hydrogen-bond donors (Lipinski definition) is 3. The standard InChI is InChI=1S/C19H29N3O4/c1-2-15(19(25)26)12-21-18(24)16-4-3-11-22(13-16)17(23)6-5-14-7-9-20-10-8-14/h1,14-16,20H,3-13H2,(H,21,24)(H,25,26)/t15-,16-/m0/s1. The molecule has 0 saturated carbocycles. The lowest BCUT2D eigenvalue weighted by Crippen LogP contribution is -2.46. The molecule has 7 nitrogen and oxygen atoms in total. The molecule has 2 aliphatic rings. The van der Waals surface area contributed by atoms with Gasteiger partial charge in [-0.3, -0.25) is 14.4 Å². The van der Waals surface area contributed by atoms with Crippen LogP contribution in [0.4, 0.5) is 0 Å². The summed E-state index contributed by atoms with van der Waals surface area (Å²) >= 11 is 0. The van der Waals surface area contributed by atoms with E-state index in [0.29, 0.717) is 31.8 Å². The van der Waals surface area contributed by atoms with Gasteiger partial charge < -0.3 is 20.6 Å². The molecule has 2 amide bonds. The van der Waals surface area contributed by atoms with Crippen molar-refractivity contribution >= 4 is 17.8 Å². The molecule has 7 heteroatoms. The smallest absolute Gasteiger partial charge is 0.320 e. The zero-order valence-corrected chi connectivity index (χ0v) is 15.2. The second-order valence-corrected chi connectivity index (χ2v) is 7.21. The average Bonchev–Trinajstić information content (AvgIpc) is 2.67. The Morgan fingerprint density at radius 1 is 1.27 bits per heavy atom. The maximum absolute atomic E-state index is 12.5. The lowest BCUT2D eigenvalue weighted by atomic mass is 9.92. The second kappa shape index (κ2) is 10.2. The van der Waals surface area contributed by atoms with Crippen molar-refractivity contribution in [3.8, 4) is 12.3 Å². The van der Waals surface area contributed by atoms with Crippen molar-refractivity contribution in [1.29, 1.82) is 0 Å². The zero-order valence-electron chi connectivity index (χ0n) is 15.2. The van der Waals surface area contributed by atoms with Gasteiger partial charge in [0.2, 0.25) is 11.8 Å².